The van der Waals surface area contributed by atoms with Crippen molar-refractivity contribution in [3.63, 3.8) is 0 Å². The molecule has 0 aliphatic heterocycles. The van der Waals surface area contributed by atoms with Crippen LogP contribution in [0.5, 0.6) is 0 Å². The van der Waals surface area contributed by atoms with Crippen LogP contribution in [0.4, 0.5) is 0 Å². The van der Waals surface area contributed by atoms with E-state index < -0.39 is 236 Å². The van der Waals surface area contributed by atoms with Crippen molar-refractivity contribution >= 4 is 118 Å². The second kappa shape index (κ2) is 39.4. The van der Waals surface area contributed by atoms with E-state index in [9.17, 15) is 96.5 Å². The largest absolute Gasteiger partial charge is 0.481 e. The third-order valence-corrected chi connectivity index (χ3v) is 13.1. The summed E-state index contributed by atoms with van der Waals surface area (Å²) in [6, 6.07) is -17.4. The lowest BCUT2D eigenvalue weighted by Crippen LogP contribution is -2.62. The summed E-state index contributed by atoms with van der Waals surface area (Å²) in [7, 11) is 0. The van der Waals surface area contributed by atoms with Crippen molar-refractivity contribution in [3.05, 3.63) is 0 Å². The molecule has 0 saturated carbocycles. The van der Waals surface area contributed by atoms with Crippen LogP contribution in [0.1, 0.15) is 118 Å². The van der Waals surface area contributed by atoms with Gasteiger partial charge in [0.25, 0.3) is 0 Å². The maximum atomic E-state index is 14.2. The van der Waals surface area contributed by atoms with Crippen LogP contribution in [-0.2, 0) is 86.3 Å². The number of carboxylic acids is 2. The lowest BCUT2D eigenvalue weighted by molar-refractivity contribution is -0.142. The van der Waals surface area contributed by atoms with E-state index in [4.69, 9.17) is 34.4 Å². The summed E-state index contributed by atoms with van der Waals surface area (Å²) in [6.45, 7) is 7.29. The van der Waals surface area contributed by atoms with Crippen LogP contribution in [0.2, 0.25) is 0 Å². The molecular formula is C50H82N16O20S. The standard InChI is InChI=1S/C50H82N16O20S/c1-7-22(4)40(50(86)61-27(14-15-87-6)44(80)65-32(20-39(75)76)48(84)59-25(9-12-34(52)69)42(78)58-24(41(56)77)8-11-33(51)68)66-49(85)31(19-37(55)72)63-43(79)26(10-13-38(73)74)60-45(81)28(16-21(2)3)62-47(83)30(18-36(54)71)64-46(82)29(17-35(53)70)57-23(5)67/h21-22,24-32,40H,7-20H2,1-6H3,(H2,51,68)(H2,52,69)(H2,53,70)(H2,54,71)(H2,55,72)(H2,56,77)(H,57,67)(H,58,78)(H,59,84)(H,60,81)(H,61,86)(H,62,83)(H,63,79)(H,64,82)(H,65,80)(H,66,85)(H,73,74)(H,75,76)/t22-,24-,25-,26-,27-,28-,29-,30-,31-,32-,40-/m0/s1. The Morgan fingerprint density at radius 3 is 1.06 bits per heavy atom. The summed E-state index contributed by atoms with van der Waals surface area (Å²) < 4.78 is 0. The number of rotatable bonds is 44. The van der Waals surface area contributed by atoms with Crippen molar-refractivity contribution in [2.24, 2.45) is 46.2 Å². The Morgan fingerprint density at radius 2 is 0.701 bits per heavy atom. The van der Waals surface area contributed by atoms with Gasteiger partial charge in [-0.2, -0.15) is 11.8 Å². The van der Waals surface area contributed by atoms with E-state index in [2.05, 4.69) is 53.2 Å². The molecule has 87 heavy (non-hydrogen) atoms. The Hall–Kier alpha value is -9.19. The van der Waals surface area contributed by atoms with Gasteiger partial charge < -0.3 is 97.8 Å². The molecular weight excluding hydrogens is 1180 g/mol. The van der Waals surface area contributed by atoms with Gasteiger partial charge in [0.05, 0.1) is 25.7 Å². The fraction of sp³-hybridized carbons (Fsp3) is 0.640. The number of carboxylic acid groups (broad SMARTS) is 2. The summed E-state index contributed by atoms with van der Waals surface area (Å²) in [5.74, 6) is -22.1. The van der Waals surface area contributed by atoms with Gasteiger partial charge in [0, 0.05) is 26.2 Å². The predicted octanol–water partition coefficient (Wildman–Crippen LogP) is -8.32. The van der Waals surface area contributed by atoms with E-state index in [1.165, 1.54) is 18.7 Å². The van der Waals surface area contributed by atoms with E-state index in [0.717, 1.165) is 6.92 Å². The second-order valence-corrected chi connectivity index (χ2v) is 21.5. The molecule has 0 spiro atoms. The third-order valence-electron chi connectivity index (χ3n) is 12.5. The minimum Gasteiger partial charge on any atom is -0.481 e. The van der Waals surface area contributed by atoms with Gasteiger partial charge in [-0.05, 0) is 55.9 Å². The van der Waals surface area contributed by atoms with Crippen molar-refractivity contribution in [2.45, 2.75) is 179 Å². The molecule has 0 radical (unpaired) electrons. The number of primary amides is 6. The number of hydrogen-bond acceptors (Lipinski definition) is 19. The number of thioether (sulfide) groups is 1. The molecule has 0 unspecified atom stereocenters. The molecule has 0 aromatic carbocycles. The highest BCUT2D eigenvalue weighted by Crippen LogP contribution is 2.14. The van der Waals surface area contributed by atoms with E-state index in [-0.39, 0.29) is 31.4 Å². The van der Waals surface area contributed by atoms with Gasteiger partial charge in [0.2, 0.25) is 94.5 Å². The Morgan fingerprint density at radius 1 is 0.379 bits per heavy atom. The van der Waals surface area contributed by atoms with E-state index in [0.29, 0.717) is 0 Å². The summed E-state index contributed by atoms with van der Waals surface area (Å²) >= 11 is 1.18. The normalized spacial score (nSPS) is 14.7. The molecule has 0 bridgehead atoms. The first kappa shape index (κ1) is 77.8. The third kappa shape index (κ3) is 32.1. The summed E-state index contributed by atoms with van der Waals surface area (Å²) in [4.78, 5) is 231. The van der Waals surface area contributed by atoms with Crippen LogP contribution in [0.3, 0.4) is 0 Å². The van der Waals surface area contributed by atoms with Crippen molar-refractivity contribution in [3.8, 4) is 0 Å². The monoisotopic (exact) mass is 1260 g/mol. The first-order valence-corrected chi connectivity index (χ1v) is 28.5. The molecule has 0 saturated heterocycles. The molecule has 0 aromatic rings. The highest BCUT2D eigenvalue weighted by Gasteiger charge is 2.38. The molecule has 0 aromatic heterocycles. The lowest BCUT2D eigenvalue weighted by Gasteiger charge is -2.29. The molecule has 24 N–H and O–H groups in total. The van der Waals surface area contributed by atoms with Crippen molar-refractivity contribution in [1.82, 2.24) is 53.2 Å². The van der Waals surface area contributed by atoms with Gasteiger partial charge in [-0.1, -0.05) is 34.1 Å². The van der Waals surface area contributed by atoms with Gasteiger partial charge in [-0.25, -0.2) is 0 Å². The first-order chi connectivity index (χ1) is 40.4. The van der Waals surface area contributed by atoms with E-state index in [1.54, 1.807) is 27.0 Å². The van der Waals surface area contributed by atoms with Crippen LogP contribution in [-0.4, -0.2) is 189 Å². The van der Waals surface area contributed by atoms with Crippen LogP contribution < -0.4 is 87.6 Å². The van der Waals surface area contributed by atoms with E-state index >= 15 is 0 Å². The average Bonchev–Trinajstić information content (AvgIpc) is 3.61. The lowest BCUT2D eigenvalue weighted by atomic mass is 9.97. The quantitative estimate of drug-likeness (QED) is 0.0269. The number of carbonyl (C=O) groups excluding carboxylic acids is 16. The number of amides is 16. The average molecular weight is 1260 g/mol. The number of nitrogens with two attached hydrogens (primary N) is 6. The van der Waals surface area contributed by atoms with Crippen LogP contribution in [0, 0.1) is 11.8 Å². The Bertz CT molecular complexity index is 2540. The minimum atomic E-state index is -2.01. The first-order valence-electron chi connectivity index (χ1n) is 27.1. The maximum Gasteiger partial charge on any atom is 0.305 e. The molecule has 11 atom stereocenters. The topological polar surface area (TPSA) is 624 Å². The fourth-order valence-corrected chi connectivity index (χ4v) is 8.33. The molecule has 0 rings (SSSR count). The number of hydrogen-bond donors (Lipinski definition) is 18. The molecule has 36 nitrogen and oxygen atoms in total. The number of aliphatic carboxylic acids is 2. The van der Waals surface area contributed by atoms with Crippen molar-refractivity contribution < 1.29 is 96.5 Å². The molecule has 37 heteroatoms. The molecule has 0 aliphatic rings. The van der Waals surface area contributed by atoms with Crippen LogP contribution in [0.15, 0.2) is 0 Å². The van der Waals surface area contributed by atoms with Crippen molar-refractivity contribution in [2.75, 3.05) is 12.0 Å². The SMILES string of the molecule is CC[C@H](C)[C@H](NC(=O)[C@H](CC(N)=O)NC(=O)[C@H](CCC(=O)O)NC(=O)[C@H](CC(C)C)NC(=O)[C@H](CC(N)=O)NC(=O)[C@H](CC(N)=O)NC(C)=O)C(=O)N[C@@H](CCSC)C(=O)N[C@@H](CC(=O)O)C(=O)N[C@@H](CCC(N)=O)C(=O)N[C@@H](CCC(N)=O)C(N)=O. The summed E-state index contributed by atoms with van der Waals surface area (Å²) in [5, 5.41) is 41.9. The summed E-state index contributed by atoms with van der Waals surface area (Å²) in [5.41, 5.74) is 31.7. The Balaban J connectivity index is 7.00. The van der Waals surface area contributed by atoms with Crippen LogP contribution >= 0.6 is 11.8 Å². The minimum absolute atomic E-state index is 0.128. The highest BCUT2D eigenvalue weighted by atomic mass is 32.2. The predicted molar refractivity (Wildman–Crippen MR) is 303 cm³/mol. The zero-order valence-electron chi connectivity index (χ0n) is 48.9. The smallest absolute Gasteiger partial charge is 0.305 e. The van der Waals surface area contributed by atoms with Crippen LogP contribution in [0.25, 0.3) is 0 Å². The molecule has 0 heterocycles. The zero-order valence-corrected chi connectivity index (χ0v) is 49.8. The van der Waals surface area contributed by atoms with E-state index in [1.807, 2.05) is 0 Å². The molecule has 0 aliphatic carbocycles. The van der Waals surface area contributed by atoms with Gasteiger partial charge >= 0.3 is 11.9 Å². The van der Waals surface area contributed by atoms with Gasteiger partial charge in [0.1, 0.15) is 60.4 Å². The van der Waals surface area contributed by atoms with Crippen molar-refractivity contribution in [1.29, 1.82) is 0 Å². The van der Waals surface area contributed by atoms with Gasteiger partial charge in [0.15, 0.2) is 0 Å². The van der Waals surface area contributed by atoms with Gasteiger partial charge in [-0.3, -0.25) is 86.3 Å². The Kier molecular flexibility index (Phi) is 35.3. The number of carbonyl (C=O) groups is 18. The second-order valence-electron chi connectivity index (χ2n) is 20.5. The maximum absolute atomic E-state index is 14.2. The fourth-order valence-electron chi connectivity index (χ4n) is 7.86. The molecule has 16 amide bonds. The molecule has 0 fully saturated rings. The highest BCUT2D eigenvalue weighted by molar-refractivity contribution is 7.98. The Labute approximate surface area is 503 Å². The summed E-state index contributed by atoms with van der Waals surface area (Å²) in [6.07, 6.45) is -5.75. The van der Waals surface area contributed by atoms with Gasteiger partial charge in [-0.15, -0.1) is 0 Å². The number of nitrogens with one attached hydrogen (secondary N) is 10. The zero-order chi connectivity index (χ0) is 67.0. The molecule has 488 valence electrons.